The highest BCUT2D eigenvalue weighted by molar-refractivity contribution is 7.89. The van der Waals surface area contributed by atoms with Gasteiger partial charge in [-0.3, -0.25) is 0 Å². The summed E-state index contributed by atoms with van der Waals surface area (Å²) in [6, 6.07) is 7.52. The number of hydrogen-bond donors (Lipinski definition) is 1. The van der Waals surface area contributed by atoms with Gasteiger partial charge in [0.15, 0.2) is 0 Å². The molecule has 1 N–H and O–H groups in total. The van der Waals surface area contributed by atoms with E-state index in [1.165, 1.54) is 6.08 Å². The molecule has 2 rings (SSSR count). The number of nitrogens with one attached hydrogen (secondary N) is 1. The van der Waals surface area contributed by atoms with Crippen LogP contribution in [0.2, 0.25) is 5.02 Å². The fourth-order valence-corrected chi connectivity index (χ4v) is 3.94. The van der Waals surface area contributed by atoms with Crippen LogP contribution in [0.5, 0.6) is 0 Å². The summed E-state index contributed by atoms with van der Waals surface area (Å²) in [5, 5.41) is 1.60. The zero-order valence-electron chi connectivity index (χ0n) is 12.2. The molecule has 0 aliphatic heterocycles. The Morgan fingerprint density at radius 1 is 1.36 bits per heavy atom. The van der Waals surface area contributed by atoms with Gasteiger partial charge in [0.25, 0.3) is 0 Å². The fraction of sp³-hybridized carbons (Fsp3) is 0.267. The number of aromatic nitrogens is 1. The molecule has 0 unspecified atom stereocenters. The summed E-state index contributed by atoms with van der Waals surface area (Å²) in [4.78, 5) is 5.62. The van der Waals surface area contributed by atoms with Crippen LogP contribution in [-0.4, -0.2) is 25.7 Å². The Hall–Kier alpha value is -1.21. The van der Waals surface area contributed by atoms with Crippen LogP contribution < -0.4 is 4.72 Å². The van der Waals surface area contributed by atoms with E-state index in [0.717, 1.165) is 21.1 Å². The van der Waals surface area contributed by atoms with Crippen molar-refractivity contribution in [3.63, 3.8) is 0 Å². The van der Waals surface area contributed by atoms with Crippen LogP contribution >= 0.6 is 22.9 Å². The first-order valence-electron chi connectivity index (χ1n) is 6.72. The highest BCUT2D eigenvalue weighted by atomic mass is 35.5. The number of aryl methyl sites for hydroxylation is 1. The Labute approximate surface area is 139 Å². The molecule has 0 spiro atoms. The van der Waals surface area contributed by atoms with Crippen molar-refractivity contribution in [2.45, 2.75) is 13.3 Å². The van der Waals surface area contributed by atoms with E-state index in [0.29, 0.717) is 18.0 Å². The zero-order valence-corrected chi connectivity index (χ0v) is 14.6. The predicted octanol–water partition coefficient (Wildman–Crippen LogP) is 3.42. The van der Waals surface area contributed by atoms with E-state index < -0.39 is 10.0 Å². The summed E-state index contributed by atoms with van der Waals surface area (Å²) in [5.74, 6) is -0.0648. The van der Waals surface area contributed by atoms with E-state index in [1.807, 2.05) is 31.2 Å². The molecule has 0 saturated carbocycles. The molecule has 1 aromatic heterocycles. The van der Waals surface area contributed by atoms with Gasteiger partial charge in [-0.25, -0.2) is 18.1 Å². The summed E-state index contributed by atoms with van der Waals surface area (Å²) in [5.41, 5.74) is 1.94. The Morgan fingerprint density at radius 3 is 2.68 bits per heavy atom. The van der Waals surface area contributed by atoms with E-state index in [9.17, 15) is 8.42 Å². The molecule has 0 fully saturated rings. The van der Waals surface area contributed by atoms with Crippen molar-refractivity contribution >= 4 is 33.0 Å². The lowest BCUT2D eigenvalue weighted by Crippen LogP contribution is -2.27. The minimum Gasteiger partial charge on any atom is -0.241 e. The predicted molar refractivity (Wildman–Crippen MR) is 93.0 cm³/mol. The van der Waals surface area contributed by atoms with Crippen molar-refractivity contribution < 1.29 is 8.42 Å². The average molecular weight is 357 g/mol. The Bertz CT molecular complexity index is 752. The van der Waals surface area contributed by atoms with Crippen LogP contribution in [0, 0.1) is 6.92 Å². The fourth-order valence-electron chi connectivity index (χ4n) is 1.91. The third kappa shape index (κ3) is 4.64. The van der Waals surface area contributed by atoms with Gasteiger partial charge in [-0.05, 0) is 25.5 Å². The maximum atomic E-state index is 11.6. The molecule has 2 aromatic rings. The quantitative estimate of drug-likeness (QED) is 0.773. The van der Waals surface area contributed by atoms with E-state index in [4.69, 9.17) is 11.6 Å². The highest BCUT2D eigenvalue weighted by Gasteiger charge is 2.11. The maximum absolute atomic E-state index is 11.6. The van der Waals surface area contributed by atoms with Gasteiger partial charge in [0.1, 0.15) is 5.01 Å². The van der Waals surface area contributed by atoms with Gasteiger partial charge in [0.2, 0.25) is 10.0 Å². The van der Waals surface area contributed by atoms with Crippen molar-refractivity contribution in [1.82, 2.24) is 9.71 Å². The number of halogens is 1. The molecule has 0 bridgehead atoms. The summed E-state index contributed by atoms with van der Waals surface area (Å²) < 4.78 is 25.7. The third-order valence-electron chi connectivity index (χ3n) is 3.00. The molecule has 118 valence electrons. The molecule has 4 nitrogen and oxygen atoms in total. The van der Waals surface area contributed by atoms with Crippen molar-refractivity contribution in [3.8, 4) is 10.6 Å². The van der Waals surface area contributed by atoms with Crippen molar-refractivity contribution in [1.29, 1.82) is 0 Å². The van der Waals surface area contributed by atoms with Crippen LogP contribution in [0.4, 0.5) is 0 Å². The van der Waals surface area contributed by atoms with Crippen molar-refractivity contribution in [2.24, 2.45) is 0 Å². The smallest absolute Gasteiger partial charge is 0.215 e. The Morgan fingerprint density at radius 2 is 2.05 bits per heavy atom. The molecular formula is C15H17ClN2O2S2. The zero-order chi connectivity index (χ0) is 16.2. The summed E-state index contributed by atoms with van der Waals surface area (Å²) >= 11 is 7.46. The van der Waals surface area contributed by atoms with E-state index in [-0.39, 0.29) is 5.75 Å². The first-order valence-corrected chi connectivity index (χ1v) is 9.56. The molecule has 0 aliphatic rings. The SMILES string of the molecule is C=CCS(=O)(=O)NCCc1sc(-c2ccc(Cl)cc2)nc1C. The largest absolute Gasteiger partial charge is 0.241 e. The number of thiazole rings is 1. The van der Waals surface area contributed by atoms with Crippen LogP contribution in [0.3, 0.4) is 0 Å². The average Bonchev–Trinajstić information content (AvgIpc) is 2.81. The molecule has 0 saturated heterocycles. The van der Waals surface area contributed by atoms with Gasteiger partial charge in [0, 0.05) is 22.0 Å². The number of sulfonamides is 1. The minimum absolute atomic E-state index is 0.0648. The molecule has 0 aliphatic carbocycles. The minimum atomic E-state index is -3.26. The normalized spacial score (nSPS) is 11.5. The van der Waals surface area contributed by atoms with Gasteiger partial charge >= 0.3 is 0 Å². The number of hydrogen-bond acceptors (Lipinski definition) is 4. The molecule has 7 heteroatoms. The molecular weight excluding hydrogens is 340 g/mol. The molecule has 0 amide bonds. The van der Waals surface area contributed by atoms with E-state index in [2.05, 4.69) is 16.3 Å². The summed E-state index contributed by atoms with van der Waals surface area (Å²) in [6.45, 7) is 5.73. The summed E-state index contributed by atoms with van der Waals surface area (Å²) in [7, 11) is -3.26. The lowest BCUT2D eigenvalue weighted by atomic mass is 10.2. The lowest BCUT2D eigenvalue weighted by Gasteiger charge is -2.03. The van der Waals surface area contributed by atoms with Crippen molar-refractivity contribution in [2.75, 3.05) is 12.3 Å². The molecule has 0 atom stereocenters. The van der Waals surface area contributed by atoms with Gasteiger partial charge in [0.05, 0.1) is 11.4 Å². The monoisotopic (exact) mass is 356 g/mol. The first-order chi connectivity index (χ1) is 10.4. The second kappa shape index (κ2) is 7.37. The summed E-state index contributed by atoms with van der Waals surface area (Å²) in [6.07, 6.45) is 1.99. The highest BCUT2D eigenvalue weighted by Crippen LogP contribution is 2.28. The number of rotatable bonds is 7. The number of benzene rings is 1. The third-order valence-corrected chi connectivity index (χ3v) is 5.83. The Kier molecular flexibility index (Phi) is 5.74. The van der Waals surface area contributed by atoms with Crippen molar-refractivity contribution in [3.05, 3.63) is 52.5 Å². The van der Waals surface area contributed by atoms with Crippen LogP contribution in [0.25, 0.3) is 10.6 Å². The molecule has 1 aromatic carbocycles. The number of nitrogens with zero attached hydrogens (tertiary/aromatic N) is 1. The lowest BCUT2D eigenvalue weighted by molar-refractivity contribution is 0.585. The van der Waals surface area contributed by atoms with Crippen LogP contribution in [0.15, 0.2) is 36.9 Å². The van der Waals surface area contributed by atoms with Crippen LogP contribution in [0.1, 0.15) is 10.6 Å². The van der Waals surface area contributed by atoms with Gasteiger partial charge in [-0.15, -0.1) is 17.9 Å². The van der Waals surface area contributed by atoms with Gasteiger partial charge < -0.3 is 0 Å². The van der Waals surface area contributed by atoms with Gasteiger partial charge in [-0.2, -0.15) is 0 Å². The van der Waals surface area contributed by atoms with Gasteiger partial charge in [-0.1, -0.05) is 29.8 Å². The maximum Gasteiger partial charge on any atom is 0.215 e. The molecule has 0 radical (unpaired) electrons. The van der Waals surface area contributed by atoms with E-state index in [1.54, 1.807) is 11.3 Å². The Balaban J connectivity index is 2.04. The van der Waals surface area contributed by atoms with Crippen LogP contribution in [-0.2, 0) is 16.4 Å². The second-order valence-electron chi connectivity index (χ2n) is 4.75. The topological polar surface area (TPSA) is 59.1 Å². The first kappa shape index (κ1) is 17.1. The second-order valence-corrected chi connectivity index (χ2v) is 8.12. The molecule has 22 heavy (non-hydrogen) atoms. The standard InChI is InChI=1S/C15H17ClN2O2S2/c1-3-10-22(19,20)17-9-8-14-11(2)18-15(21-14)12-4-6-13(16)7-5-12/h3-7,17H,1,8-10H2,2H3. The van der Waals surface area contributed by atoms with E-state index >= 15 is 0 Å². The molecule has 1 heterocycles.